The molecule has 0 radical (unpaired) electrons. The van der Waals surface area contributed by atoms with Crippen molar-refractivity contribution >= 4 is 28.7 Å². The van der Waals surface area contributed by atoms with Gasteiger partial charge in [0.2, 0.25) is 0 Å². The molecule has 0 aliphatic carbocycles. The Hall–Kier alpha value is -1.77. The van der Waals surface area contributed by atoms with Gasteiger partial charge in [-0.1, -0.05) is 6.07 Å². The van der Waals surface area contributed by atoms with Crippen LogP contribution in [0.25, 0.3) is 0 Å². The number of quaternary nitrogens is 1. The monoisotopic (exact) mass is 339 g/mol. The molecule has 0 amide bonds. The van der Waals surface area contributed by atoms with Crippen LogP contribution in [-0.4, -0.2) is 49.4 Å². The first-order chi connectivity index (χ1) is 11.1. The Bertz CT molecular complexity index is 562. The number of nitrogens with zero attached hydrogens (tertiary/aromatic N) is 1. The first-order valence-corrected chi connectivity index (χ1v) is 8.18. The van der Waals surface area contributed by atoms with E-state index in [4.69, 9.17) is 17.0 Å². The highest BCUT2D eigenvalue weighted by Gasteiger charge is 2.13. The Labute approximate surface area is 141 Å². The summed E-state index contributed by atoms with van der Waals surface area (Å²) in [7, 11) is 0. The van der Waals surface area contributed by atoms with Crippen molar-refractivity contribution in [2.75, 3.05) is 44.7 Å². The van der Waals surface area contributed by atoms with Crippen LogP contribution in [0.2, 0.25) is 0 Å². The highest BCUT2D eigenvalue weighted by atomic mass is 32.1. The first kappa shape index (κ1) is 17.6. The number of aryl methyl sites for hydroxylation is 1. The van der Waals surface area contributed by atoms with Gasteiger partial charge >= 0.3 is 0 Å². The number of thiocarbonyl (C=S) groups is 1. The van der Waals surface area contributed by atoms with E-state index in [0.29, 0.717) is 16.4 Å². The summed E-state index contributed by atoms with van der Waals surface area (Å²) in [4.78, 5) is 12.1. The van der Waals surface area contributed by atoms with E-state index in [-0.39, 0.29) is 10.6 Å². The molecule has 1 aromatic rings. The van der Waals surface area contributed by atoms with E-state index >= 15 is 0 Å². The van der Waals surface area contributed by atoms with Gasteiger partial charge < -0.3 is 20.3 Å². The molecule has 0 spiro atoms. The molecule has 7 nitrogen and oxygen atoms in total. The van der Waals surface area contributed by atoms with Crippen LogP contribution in [0.3, 0.4) is 0 Å². The highest BCUT2D eigenvalue weighted by molar-refractivity contribution is 7.80. The Kier molecular flexibility index (Phi) is 6.69. The average Bonchev–Trinajstić information content (AvgIpc) is 2.54. The first-order valence-electron chi connectivity index (χ1n) is 7.77. The maximum atomic E-state index is 10.9. The van der Waals surface area contributed by atoms with Gasteiger partial charge in [0.15, 0.2) is 5.11 Å². The third kappa shape index (κ3) is 5.74. The second-order valence-electron chi connectivity index (χ2n) is 5.61. The lowest BCUT2D eigenvalue weighted by Gasteiger charge is -2.23. The van der Waals surface area contributed by atoms with Gasteiger partial charge in [-0.2, -0.15) is 0 Å². The van der Waals surface area contributed by atoms with Crippen LogP contribution in [0.1, 0.15) is 12.0 Å². The van der Waals surface area contributed by atoms with E-state index in [2.05, 4.69) is 10.6 Å². The Morgan fingerprint density at radius 3 is 2.87 bits per heavy atom. The van der Waals surface area contributed by atoms with Crippen LogP contribution in [0.15, 0.2) is 18.2 Å². The Balaban J connectivity index is 1.72. The molecule has 8 heteroatoms. The van der Waals surface area contributed by atoms with Crippen molar-refractivity contribution in [3.63, 3.8) is 0 Å². The molecule has 0 unspecified atom stereocenters. The molecule has 1 saturated heterocycles. The number of nitro groups is 1. The zero-order valence-electron chi connectivity index (χ0n) is 13.3. The van der Waals surface area contributed by atoms with Gasteiger partial charge in [0, 0.05) is 30.3 Å². The van der Waals surface area contributed by atoms with Crippen molar-refractivity contribution in [1.82, 2.24) is 5.32 Å². The minimum absolute atomic E-state index is 0.0914. The van der Waals surface area contributed by atoms with Crippen molar-refractivity contribution in [3.8, 4) is 0 Å². The summed E-state index contributed by atoms with van der Waals surface area (Å²) in [5, 5.41) is 17.6. The van der Waals surface area contributed by atoms with Crippen LogP contribution in [-0.2, 0) is 4.74 Å². The molecule has 2 rings (SSSR count). The summed E-state index contributed by atoms with van der Waals surface area (Å²) in [5.41, 5.74) is 1.35. The second kappa shape index (κ2) is 8.76. The fraction of sp³-hybridized carbons (Fsp3) is 0.533. The summed E-state index contributed by atoms with van der Waals surface area (Å²) < 4.78 is 5.33. The second-order valence-corrected chi connectivity index (χ2v) is 6.01. The SMILES string of the molecule is Cc1ccc(NC(=S)NCCC[NH+]2CCOCC2)cc1[N+](=O)[O-]. The molecule has 1 aromatic carbocycles. The fourth-order valence-electron chi connectivity index (χ4n) is 2.51. The molecule has 0 saturated carbocycles. The fourth-order valence-corrected chi connectivity index (χ4v) is 2.73. The average molecular weight is 339 g/mol. The molecule has 0 atom stereocenters. The van der Waals surface area contributed by atoms with Crippen molar-refractivity contribution in [2.45, 2.75) is 13.3 Å². The van der Waals surface area contributed by atoms with Crippen LogP contribution in [0, 0.1) is 17.0 Å². The molecular weight excluding hydrogens is 316 g/mol. The van der Waals surface area contributed by atoms with Crippen LogP contribution in [0.5, 0.6) is 0 Å². The molecule has 1 aliphatic rings. The van der Waals surface area contributed by atoms with Gasteiger partial charge in [-0.25, -0.2) is 0 Å². The van der Waals surface area contributed by atoms with Gasteiger partial charge in [0.05, 0.1) is 24.7 Å². The Morgan fingerprint density at radius 2 is 2.17 bits per heavy atom. The lowest BCUT2D eigenvalue weighted by Crippen LogP contribution is -3.14. The third-order valence-electron chi connectivity index (χ3n) is 3.86. The number of hydrogen-bond acceptors (Lipinski definition) is 4. The Morgan fingerprint density at radius 1 is 1.43 bits per heavy atom. The van der Waals surface area contributed by atoms with Gasteiger partial charge in [-0.3, -0.25) is 10.1 Å². The summed E-state index contributed by atoms with van der Waals surface area (Å²) in [6.07, 6.45) is 1.02. The largest absolute Gasteiger partial charge is 0.370 e. The van der Waals surface area contributed by atoms with Gasteiger partial charge in [0.1, 0.15) is 13.1 Å². The molecule has 126 valence electrons. The zero-order valence-corrected chi connectivity index (χ0v) is 14.1. The standard InChI is InChI=1S/C15H22N4O3S/c1-12-3-4-13(11-14(12)19(20)21)17-15(23)16-5-2-6-18-7-9-22-10-8-18/h3-4,11H,2,5-10H2,1H3,(H2,16,17,23)/p+1. The van der Waals surface area contributed by atoms with E-state index < -0.39 is 0 Å². The normalized spacial score (nSPS) is 15.2. The number of nitrogens with one attached hydrogen (secondary N) is 3. The minimum Gasteiger partial charge on any atom is -0.370 e. The van der Waals surface area contributed by atoms with Crippen molar-refractivity contribution in [1.29, 1.82) is 0 Å². The van der Waals surface area contributed by atoms with Gasteiger partial charge in [0.25, 0.3) is 5.69 Å². The van der Waals surface area contributed by atoms with Crippen LogP contribution < -0.4 is 15.5 Å². The molecule has 1 aliphatic heterocycles. The number of anilines is 1. The van der Waals surface area contributed by atoms with Crippen LogP contribution >= 0.6 is 12.2 Å². The number of ether oxygens (including phenoxy) is 1. The predicted molar refractivity (Wildman–Crippen MR) is 93.1 cm³/mol. The van der Waals surface area contributed by atoms with E-state index in [9.17, 15) is 10.1 Å². The maximum absolute atomic E-state index is 10.9. The third-order valence-corrected chi connectivity index (χ3v) is 4.10. The number of morpholine rings is 1. The molecular formula is C15H23N4O3S+. The number of nitro benzene ring substituents is 1. The molecule has 1 heterocycles. The van der Waals surface area contributed by atoms with E-state index in [1.54, 1.807) is 24.0 Å². The summed E-state index contributed by atoms with van der Waals surface area (Å²) >= 11 is 5.23. The molecule has 3 N–H and O–H groups in total. The molecule has 0 bridgehead atoms. The maximum Gasteiger partial charge on any atom is 0.274 e. The van der Waals surface area contributed by atoms with Gasteiger partial charge in [-0.05, 0) is 25.2 Å². The van der Waals surface area contributed by atoms with Gasteiger partial charge in [-0.15, -0.1) is 0 Å². The molecule has 23 heavy (non-hydrogen) atoms. The zero-order chi connectivity index (χ0) is 16.7. The lowest BCUT2D eigenvalue weighted by atomic mass is 10.2. The van der Waals surface area contributed by atoms with E-state index in [0.717, 1.165) is 45.8 Å². The lowest BCUT2D eigenvalue weighted by molar-refractivity contribution is -0.908. The van der Waals surface area contributed by atoms with Crippen molar-refractivity contribution in [3.05, 3.63) is 33.9 Å². The van der Waals surface area contributed by atoms with Crippen molar-refractivity contribution < 1.29 is 14.6 Å². The topological polar surface area (TPSA) is 80.9 Å². The summed E-state index contributed by atoms with van der Waals surface area (Å²) in [5.74, 6) is 0. The smallest absolute Gasteiger partial charge is 0.274 e. The molecule has 1 fully saturated rings. The quantitative estimate of drug-likeness (QED) is 0.303. The number of rotatable bonds is 6. The molecule has 0 aromatic heterocycles. The van der Waals surface area contributed by atoms with E-state index in [1.807, 2.05) is 0 Å². The number of hydrogen-bond donors (Lipinski definition) is 3. The highest BCUT2D eigenvalue weighted by Crippen LogP contribution is 2.22. The predicted octanol–water partition coefficient (Wildman–Crippen LogP) is 0.495. The minimum atomic E-state index is -0.387. The van der Waals surface area contributed by atoms with E-state index in [1.165, 1.54) is 6.07 Å². The summed E-state index contributed by atoms with van der Waals surface area (Å²) in [6.45, 7) is 7.40. The van der Waals surface area contributed by atoms with Crippen molar-refractivity contribution in [2.24, 2.45) is 0 Å². The number of benzene rings is 1. The summed E-state index contributed by atoms with van der Waals surface area (Å²) in [6, 6.07) is 5.00. The van der Waals surface area contributed by atoms with Crippen LogP contribution in [0.4, 0.5) is 11.4 Å².